The predicted octanol–water partition coefficient (Wildman–Crippen LogP) is 0.826. The standard InChI is InChI=1S/C15H32N4/c1-5-19-11-10-18(12-14(19,2)3)13-15(16)6-8-17(4)9-7-15/h5-13,16H2,1-4H3. The van der Waals surface area contributed by atoms with Crippen molar-refractivity contribution in [2.24, 2.45) is 5.73 Å². The zero-order chi connectivity index (χ0) is 14.1. The Balaban J connectivity index is 1.90. The van der Waals surface area contributed by atoms with Crippen LogP contribution in [-0.4, -0.2) is 78.6 Å². The molecule has 0 atom stereocenters. The molecule has 0 bridgehead atoms. The molecular weight excluding hydrogens is 236 g/mol. The molecule has 0 aliphatic carbocycles. The molecule has 2 fully saturated rings. The third-order valence-corrected chi connectivity index (χ3v) is 5.06. The van der Waals surface area contributed by atoms with Gasteiger partial charge in [-0.2, -0.15) is 0 Å². The zero-order valence-corrected chi connectivity index (χ0v) is 13.3. The Labute approximate surface area is 118 Å². The summed E-state index contributed by atoms with van der Waals surface area (Å²) in [5, 5.41) is 0. The largest absolute Gasteiger partial charge is 0.324 e. The average molecular weight is 268 g/mol. The summed E-state index contributed by atoms with van der Waals surface area (Å²) < 4.78 is 0. The fourth-order valence-electron chi connectivity index (χ4n) is 3.68. The van der Waals surface area contributed by atoms with E-state index in [1.54, 1.807) is 0 Å². The van der Waals surface area contributed by atoms with E-state index >= 15 is 0 Å². The van der Waals surface area contributed by atoms with Crippen molar-refractivity contribution < 1.29 is 0 Å². The summed E-state index contributed by atoms with van der Waals surface area (Å²) in [5.41, 5.74) is 6.95. The maximum Gasteiger partial charge on any atom is 0.0307 e. The van der Waals surface area contributed by atoms with Crippen LogP contribution in [0.25, 0.3) is 0 Å². The van der Waals surface area contributed by atoms with Crippen molar-refractivity contribution in [2.75, 3.05) is 52.9 Å². The molecule has 4 nitrogen and oxygen atoms in total. The lowest BCUT2D eigenvalue weighted by Gasteiger charge is -2.49. The van der Waals surface area contributed by atoms with Gasteiger partial charge in [-0.1, -0.05) is 6.92 Å². The Morgan fingerprint density at radius 1 is 1.05 bits per heavy atom. The minimum absolute atomic E-state index is 0.0387. The highest BCUT2D eigenvalue weighted by Crippen LogP contribution is 2.25. The predicted molar refractivity (Wildman–Crippen MR) is 81.4 cm³/mol. The number of piperidine rings is 1. The number of hydrogen-bond acceptors (Lipinski definition) is 4. The first kappa shape index (κ1) is 15.2. The van der Waals surface area contributed by atoms with E-state index in [2.05, 4.69) is 42.5 Å². The van der Waals surface area contributed by atoms with Gasteiger partial charge in [-0.05, 0) is 53.4 Å². The number of nitrogens with two attached hydrogens (primary N) is 1. The minimum atomic E-state index is 0.0387. The monoisotopic (exact) mass is 268 g/mol. The summed E-state index contributed by atoms with van der Waals surface area (Å²) in [4.78, 5) is 7.57. The van der Waals surface area contributed by atoms with Crippen LogP contribution < -0.4 is 5.73 Å². The molecule has 2 N–H and O–H groups in total. The first-order valence-corrected chi connectivity index (χ1v) is 7.79. The van der Waals surface area contributed by atoms with Crippen LogP contribution in [0.5, 0.6) is 0 Å². The number of hydrogen-bond donors (Lipinski definition) is 1. The van der Waals surface area contributed by atoms with Crippen molar-refractivity contribution in [3.8, 4) is 0 Å². The van der Waals surface area contributed by atoms with Crippen LogP contribution in [0.3, 0.4) is 0 Å². The number of rotatable bonds is 3. The highest BCUT2D eigenvalue weighted by Gasteiger charge is 2.37. The van der Waals surface area contributed by atoms with Gasteiger partial charge >= 0.3 is 0 Å². The molecule has 0 saturated carbocycles. The lowest BCUT2D eigenvalue weighted by Crippen LogP contribution is -2.63. The van der Waals surface area contributed by atoms with Crippen molar-refractivity contribution >= 4 is 0 Å². The van der Waals surface area contributed by atoms with Crippen molar-refractivity contribution in [3.63, 3.8) is 0 Å². The molecule has 19 heavy (non-hydrogen) atoms. The van der Waals surface area contributed by atoms with E-state index < -0.39 is 0 Å². The number of likely N-dealkylation sites (N-methyl/N-ethyl adjacent to an activating group) is 1. The molecule has 0 aromatic carbocycles. The van der Waals surface area contributed by atoms with Crippen LogP contribution in [0.2, 0.25) is 0 Å². The van der Waals surface area contributed by atoms with Gasteiger partial charge in [-0.15, -0.1) is 0 Å². The SMILES string of the molecule is CCN1CCN(CC2(N)CCN(C)CC2)CC1(C)C. The summed E-state index contributed by atoms with van der Waals surface area (Å²) in [5.74, 6) is 0. The van der Waals surface area contributed by atoms with E-state index in [1.165, 1.54) is 13.1 Å². The van der Waals surface area contributed by atoms with Crippen molar-refractivity contribution in [2.45, 2.75) is 44.7 Å². The molecule has 2 aliphatic heterocycles. The van der Waals surface area contributed by atoms with Crippen LogP contribution in [-0.2, 0) is 0 Å². The van der Waals surface area contributed by atoms with E-state index in [4.69, 9.17) is 5.73 Å². The van der Waals surface area contributed by atoms with Gasteiger partial charge in [0.05, 0.1) is 0 Å². The van der Waals surface area contributed by atoms with Crippen molar-refractivity contribution in [1.29, 1.82) is 0 Å². The van der Waals surface area contributed by atoms with Crippen LogP contribution >= 0.6 is 0 Å². The van der Waals surface area contributed by atoms with Gasteiger partial charge in [0.15, 0.2) is 0 Å². The maximum atomic E-state index is 6.63. The highest BCUT2D eigenvalue weighted by molar-refractivity contribution is 4.96. The minimum Gasteiger partial charge on any atom is -0.324 e. The molecule has 0 spiro atoms. The molecule has 0 unspecified atom stereocenters. The van der Waals surface area contributed by atoms with E-state index in [-0.39, 0.29) is 11.1 Å². The van der Waals surface area contributed by atoms with Crippen LogP contribution in [0, 0.1) is 0 Å². The second kappa shape index (κ2) is 5.68. The second-order valence-electron chi connectivity index (χ2n) is 7.27. The summed E-state index contributed by atoms with van der Waals surface area (Å²) in [6, 6.07) is 0. The highest BCUT2D eigenvalue weighted by atomic mass is 15.3. The molecule has 0 amide bonds. The number of piperazine rings is 1. The topological polar surface area (TPSA) is 35.7 Å². The fraction of sp³-hybridized carbons (Fsp3) is 1.00. The Morgan fingerprint density at radius 2 is 1.68 bits per heavy atom. The Morgan fingerprint density at radius 3 is 2.21 bits per heavy atom. The second-order valence-corrected chi connectivity index (χ2v) is 7.27. The molecule has 0 radical (unpaired) electrons. The first-order valence-electron chi connectivity index (χ1n) is 7.79. The number of likely N-dealkylation sites (tertiary alicyclic amines) is 1. The van der Waals surface area contributed by atoms with E-state index in [0.29, 0.717) is 0 Å². The fourth-order valence-corrected chi connectivity index (χ4v) is 3.68. The molecule has 0 aromatic heterocycles. The maximum absolute atomic E-state index is 6.63. The molecule has 2 rings (SSSR count). The third-order valence-electron chi connectivity index (χ3n) is 5.06. The normalized spacial score (nSPS) is 29.5. The Bertz CT molecular complexity index is 295. The van der Waals surface area contributed by atoms with Gasteiger partial charge in [-0.25, -0.2) is 0 Å². The van der Waals surface area contributed by atoms with Gasteiger partial charge in [0.1, 0.15) is 0 Å². The molecule has 0 aromatic rings. The lowest BCUT2D eigenvalue weighted by molar-refractivity contribution is 0.00787. The van der Waals surface area contributed by atoms with E-state index in [1.807, 2.05) is 0 Å². The average Bonchev–Trinajstić information content (AvgIpc) is 2.32. The Kier molecular flexibility index (Phi) is 4.56. The van der Waals surface area contributed by atoms with Gasteiger partial charge in [0, 0.05) is 37.3 Å². The van der Waals surface area contributed by atoms with Gasteiger partial charge < -0.3 is 10.6 Å². The molecule has 2 aliphatic rings. The van der Waals surface area contributed by atoms with Gasteiger partial charge in [-0.3, -0.25) is 9.80 Å². The van der Waals surface area contributed by atoms with Gasteiger partial charge in [0.2, 0.25) is 0 Å². The van der Waals surface area contributed by atoms with Crippen molar-refractivity contribution in [1.82, 2.24) is 14.7 Å². The molecule has 2 heterocycles. The Hall–Kier alpha value is -0.160. The van der Waals surface area contributed by atoms with E-state index in [9.17, 15) is 0 Å². The molecular formula is C15H32N4. The summed E-state index contributed by atoms with van der Waals surface area (Å²) in [6.45, 7) is 15.0. The number of nitrogens with zero attached hydrogens (tertiary/aromatic N) is 3. The van der Waals surface area contributed by atoms with Crippen LogP contribution in [0.4, 0.5) is 0 Å². The van der Waals surface area contributed by atoms with E-state index in [0.717, 1.165) is 45.6 Å². The molecule has 2 saturated heterocycles. The molecule has 4 heteroatoms. The van der Waals surface area contributed by atoms with Crippen LogP contribution in [0.15, 0.2) is 0 Å². The van der Waals surface area contributed by atoms with Gasteiger partial charge in [0.25, 0.3) is 0 Å². The molecule has 112 valence electrons. The first-order chi connectivity index (χ1) is 8.85. The lowest BCUT2D eigenvalue weighted by atomic mass is 9.87. The summed E-state index contributed by atoms with van der Waals surface area (Å²) in [7, 11) is 2.20. The zero-order valence-electron chi connectivity index (χ0n) is 13.3. The third kappa shape index (κ3) is 3.69. The summed E-state index contributed by atoms with van der Waals surface area (Å²) in [6.07, 6.45) is 2.27. The van der Waals surface area contributed by atoms with Crippen LogP contribution in [0.1, 0.15) is 33.6 Å². The smallest absolute Gasteiger partial charge is 0.0307 e. The van der Waals surface area contributed by atoms with Crippen molar-refractivity contribution in [3.05, 3.63) is 0 Å². The quantitative estimate of drug-likeness (QED) is 0.822. The summed E-state index contributed by atoms with van der Waals surface area (Å²) >= 11 is 0.